The van der Waals surface area contributed by atoms with Crippen molar-refractivity contribution in [1.29, 1.82) is 0 Å². The Labute approximate surface area is 178 Å². The molecule has 0 saturated carbocycles. The molecule has 0 aromatic carbocycles. The Kier molecular flexibility index (Phi) is 12.7. The third-order valence-electron chi connectivity index (χ3n) is 4.05. The van der Waals surface area contributed by atoms with Crippen LogP contribution in [0.2, 0.25) is 0 Å². The summed E-state index contributed by atoms with van der Waals surface area (Å²) < 4.78 is 0. The average Bonchev–Trinajstić information content (AvgIpc) is 2.65. The van der Waals surface area contributed by atoms with E-state index in [1.165, 1.54) is 11.8 Å². The number of hydrogen-bond donors (Lipinski definition) is 7. The topological polar surface area (TPSA) is 214 Å². The van der Waals surface area contributed by atoms with Gasteiger partial charge in [-0.1, -0.05) is 13.8 Å². The number of thioether (sulfide) groups is 1. The molecule has 0 aliphatic carbocycles. The van der Waals surface area contributed by atoms with Crippen molar-refractivity contribution in [1.82, 2.24) is 16.0 Å². The summed E-state index contributed by atoms with van der Waals surface area (Å²) in [5, 5.41) is 25.7. The largest absolute Gasteiger partial charge is 0.480 e. The van der Waals surface area contributed by atoms with E-state index in [9.17, 15) is 34.2 Å². The van der Waals surface area contributed by atoms with Gasteiger partial charge in [0.05, 0.1) is 19.1 Å². The SMILES string of the molecule is CSCCC(NC(=O)C(CO)NC(=O)C(N)CC(N)=O)C(=O)NC(C(=O)O)C(C)C. The van der Waals surface area contributed by atoms with E-state index in [1.54, 1.807) is 20.1 Å². The number of nitrogens with two attached hydrogens (primary N) is 2. The lowest BCUT2D eigenvalue weighted by atomic mass is 10.0. The molecule has 172 valence electrons. The highest BCUT2D eigenvalue weighted by Crippen LogP contribution is 2.06. The summed E-state index contributed by atoms with van der Waals surface area (Å²) in [6.07, 6.45) is 1.54. The molecule has 12 nitrogen and oxygen atoms in total. The molecular weight excluding hydrogens is 418 g/mol. The number of hydrogen-bond acceptors (Lipinski definition) is 8. The first-order valence-corrected chi connectivity index (χ1v) is 10.6. The zero-order chi connectivity index (χ0) is 23.4. The molecule has 0 heterocycles. The molecule has 0 saturated heterocycles. The van der Waals surface area contributed by atoms with Gasteiger partial charge in [-0.2, -0.15) is 11.8 Å². The van der Waals surface area contributed by atoms with Gasteiger partial charge in [-0.25, -0.2) is 4.79 Å². The number of aliphatic hydroxyl groups excluding tert-OH is 1. The minimum atomic E-state index is -1.43. The van der Waals surface area contributed by atoms with E-state index in [1.807, 2.05) is 0 Å². The summed E-state index contributed by atoms with van der Waals surface area (Å²) in [4.78, 5) is 59.1. The molecule has 0 radical (unpaired) electrons. The average molecular weight is 450 g/mol. The summed E-state index contributed by atoms with van der Waals surface area (Å²) in [6, 6.07) is -4.97. The van der Waals surface area contributed by atoms with Gasteiger partial charge in [-0.15, -0.1) is 0 Å². The third-order valence-corrected chi connectivity index (χ3v) is 4.69. The Hall–Kier alpha value is -2.38. The Balaban J connectivity index is 5.21. The van der Waals surface area contributed by atoms with E-state index in [4.69, 9.17) is 11.5 Å². The first kappa shape index (κ1) is 27.6. The minimum absolute atomic E-state index is 0.191. The highest BCUT2D eigenvalue weighted by Gasteiger charge is 2.31. The minimum Gasteiger partial charge on any atom is -0.480 e. The van der Waals surface area contributed by atoms with Crippen molar-refractivity contribution < 1.29 is 34.2 Å². The van der Waals surface area contributed by atoms with Crippen LogP contribution in [0.25, 0.3) is 0 Å². The second kappa shape index (κ2) is 13.8. The van der Waals surface area contributed by atoms with Gasteiger partial charge in [0.25, 0.3) is 0 Å². The lowest BCUT2D eigenvalue weighted by Crippen LogP contribution is -2.58. The summed E-state index contributed by atoms with van der Waals surface area (Å²) in [6.45, 7) is 2.46. The van der Waals surface area contributed by atoms with Crippen molar-refractivity contribution in [3.8, 4) is 0 Å². The summed E-state index contributed by atoms with van der Waals surface area (Å²) in [5.41, 5.74) is 10.5. The quantitative estimate of drug-likeness (QED) is 0.145. The van der Waals surface area contributed by atoms with Gasteiger partial charge in [0.15, 0.2) is 0 Å². The van der Waals surface area contributed by atoms with Crippen LogP contribution in [-0.4, -0.2) is 82.6 Å². The fraction of sp³-hybridized carbons (Fsp3) is 0.706. The van der Waals surface area contributed by atoms with Crippen LogP contribution >= 0.6 is 11.8 Å². The number of aliphatic hydroxyl groups is 1. The fourth-order valence-electron chi connectivity index (χ4n) is 2.33. The first-order chi connectivity index (χ1) is 13.9. The molecule has 4 amide bonds. The Morgan fingerprint density at radius 3 is 1.93 bits per heavy atom. The number of primary amides is 1. The molecule has 0 fully saturated rings. The van der Waals surface area contributed by atoms with Gasteiger partial charge < -0.3 is 37.6 Å². The van der Waals surface area contributed by atoms with Crippen molar-refractivity contribution in [2.75, 3.05) is 18.6 Å². The molecule has 0 spiro atoms. The molecule has 4 atom stereocenters. The van der Waals surface area contributed by atoms with Crippen LogP contribution in [-0.2, 0) is 24.0 Å². The van der Waals surface area contributed by atoms with Crippen molar-refractivity contribution in [2.24, 2.45) is 17.4 Å². The van der Waals surface area contributed by atoms with E-state index in [0.717, 1.165) is 0 Å². The molecule has 0 aromatic heterocycles. The van der Waals surface area contributed by atoms with Crippen LogP contribution in [0.1, 0.15) is 26.7 Å². The number of carboxylic acid groups (broad SMARTS) is 1. The number of carboxylic acids is 1. The maximum absolute atomic E-state index is 12.5. The first-order valence-electron chi connectivity index (χ1n) is 9.22. The fourth-order valence-corrected chi connectivity index (χ4v) is 2.80. The summed E-state index contributed by atoms with van der Waals surface area (Å²) in [5.74, 6) is -4.37. The molecule has 0 aliphatic heterocycles. The molecule has 0 rings (SSSR count). The lowest BCUT2D eigenvalue weighted by Gasteiger charge is -2.25. The van der Waals surface area contributed by atoms with Gasteiger partial charge >= 0.3 is 5.97 Å². The molecule has 13 heteroatoms. The normalized spacial score (nSPS) is 14.9. The number of nitrogens with one attached hydrogen (secondary N) is 3. The number of amides is 4. The van der Waals surface area contributed by atoms with Gasteiger partial charge in [0.1, 0.15) is 18.1 Å². The van der Waals surface area contributed by atoms with E-state index in [2.05, 4.69) is 16.0 Å². The van der Waals surface area contributed by atoms with E-state index < -0.39 is 66.8 Å². The number of rotatable bonds is 14. The molecule has 0 aromatic rings. The zero-order valence-corrected chi connectivity index (χ0v) is 18.0. The monoisotopic (exact) mass is 449 g/mol. The molecular formula is C17H31N5O7S. The van der Waals surface area contributed by atoms with Crippen LogP contribution in [0.4, 0.5) is 0 Å². The third kappa shape index (κ3) is 9.89. The molecule has 9 N–H and O–H groups in total. The Morgan fingerprint density at radius 2 is 1.50 bits per heavy atom. The van der Waals surface area contributed by atoms with E-state index in [-0.39, 0.29) is 12.3 Å². The van der Waals surface area contributed by atoms with Crippen LogP contribution in [0.3, 0.4) is 0 Å². The molecule has 0 aliphatic rings. The summed E-state index contributed by atoms with van der Waals surface area (Å²) >= 11 is 1.41. The molecule has 30 heavy (non-hydrogen) atoms. The molecule has 4 unspecified atom stereocenters. The standard InChI is InChI=1S/C17H31N5O7S/c1-8(2)13(17(28)29)22-15(26)10(4-5-30-3)20-16(27)11(7-23)21-14(25)9(18)6-12(19)24/h8-11,13,23H,4-7,18H2,1-3H3,(H2,19,24)(H,20,27)(H,21,25)(H,22,26)(H,28,29). The number of aliphatic carboxylic acids is 1. The predicted molar refractivity (Wildman–Crippen MR) is 110 cm³/mol. The maximum Gasteiger partial charge on any atom is 0.326 e. The van der Waals surface area contributed by atoms with Gasteiger partial charge in [0.2, 0.25) is 23.6 Å². The van der Waals surface area contributed by atoms with Crippen LogP contribution in [0.5, 0.6) is 0 Å². The predicted octanol–water partition coefficient (Wildman–Crippen LogP) is -2.87. The van der Waals surface area contributed by atoms with Crippen LogP contribution < -0.4 is 27.4 Å². The smallest absolute Gasteiger partial charge is 0.326 e. The Bertz CT molecular complexity index is 632. The van der Waals surface area contributed by atoms with Gasteiger partial charge in [-0.3, -0.25) is 19.2 Å². The van der Waals surface area contributed by atoms with Crippen molar-refractivity contribution in [3.05, 3.63) is 0 Å². The number of carbonyl (C=O) groups excluding carboxylic acids is 4. The highest BCUT2D eigenvalue weighted by molar-refractivity contribution is 7.98. The van der Waals surface area contributed by atoms with Gasteiger partial charge in [-0.05, 0) is 24.3 Å². The summed E-state index contributed by atoms with van der Waals surface area (Å²) in [7, 11) is 0. The zero-order valence-electron chi connectivity index (χ0n) is 17.2. The van der Waals surface area contributed by atoms with E-state index >= 15 is 0 Å². The van der Waals surface area contributed by atoms with Gasteiger partial charge in [0, 0.05) is 0 Å². The van der Waals surface area contributed by atoms with Crippen LogP contribution in [0.15, 0.2) is 0 Å². The van der Waals surface area contributed by atoms with Crippen molar-refractivity contribution in [3.63, 3.8) is 0 Å². The Morgan fingerprint density at radius 1 is 0.967 bits per heavy atom. The van der Waals surface area contributed by atoms with Crippen molar-refractivity contribution in [2.45, 2.75) is 50.9 Å². The molecule has 0 bridgehead atoms. The number of carbonyl (C=O) groups is 5. The van der Waals surface area contributed by atoms with Crippen molar-refractivity contribution >= 4 is 41.4 Å². The lowest BCUT2D eigenvalue weighted by molar-refractivity contribution is -0.143. The van der Waals surface area contributed by atoms with E-state index in [0.29, 0.717) is 5.75 Å². The maximum atomic E-state index is 12.5. The second-order valence-electron chi connectivity index (χ2n) is 6.93. The highest BCUT2D eigenvalue weighted by atomic mass is 32.2. The second-order valence-corrected chi connectivity index (χ2v) is 7.92. The van der Waals surface area contributed by atoms with Crippen LogP contribution in [0, 0.1) is 5.92 Å².